The summed E-state index contributed by atoms with van der Waals surface area (Å²) in [5.74, 6) is 0.194. The fourth-order valence-corrected chi connectivity index (χ4v) is 4.82. The van der Waals surface area contributed by atoms with Crippen molar-refractivity contribution < 1.29 is 9.18 Å². The number of pyridine rings is 2. The van der Waals surface area contributed by atoms with E-state index in [1.165, 1.54) is 23.8 Å². The normalized spacial score (nSPS) is 11.1. The SMILES string of the molecule is CNCc1ccc(-c2ccc3nc(-c4cccnc4N)n(-c4ccc(CNC(=O)c5cccc(F)c5)cc4)c3n2)cc1. The lowest BCUT2D eigenvalue weighted by Gasteiger charge is -2.12. The molecule has 3 aromatic carbocycles. The first-order chi connectivity index (χ1) is 20.5. The van der Waals surface area contributed by atoms with Gasteiger partial charge in [0.1, 0.15) is 17.2 Å². The second kappa shape index (κ2) is 11.6. The van der Waals surface area contributed by atoms with Gasteiger partial charge < -0.3 is 16.4 Å². The van der Waals surface area contributed by atoms with E-state index in [9.17, 15) is 9.18 Å². The Morgan fingerprint density at radius 2 is 1.64 bits per heavy atom. The van der Waals surface area contributed by atoms with E-state index in [4.69, 9.17) is 15.7 Å². The summed E-state index contributed by atoms with van der Waals surface area (Å²) < 4.78 is 15.5. The van der Waals surface area contributed by atoms with E-state index in [0.717, 1.165) is 34.6 Å². The summed E-state index contributed by atoms with van der Waals surface area (Å²) in [5.41, 5.74) is 13.3. The van der Waals surface area contributed by atoms with Crippen LogP contribution in [0.3, 0.4) is 0 Å². The number of carbonyl (C=O) groups excluding carboxylic acids is 1. The van der Waals surface area contributed by atoms with Crippen molar-refractivity contribution in [2.24, 2.45) is 0 Å². The molecule has 6 aromatic rings. The number of benzene rings is 3. The number of halogens is 1. The second-order valence-electron chi connectivity index (χ2n) is 9.83. The molecule has 9 heteroatoms. The Morgan fingerprint density at radius 3 is 2.38 bits per heavy atom. The van der Waals surface area contributed by atoms with Gasteiger partial charge in [0, 0.05) is 36.1 Å². The Bertz CT molecular complexity index is 1880. The van der Waals surface area contributed by atoms with Crippen molar-refractivity contribution in [3.63, 3.8) is 0 Å². The topological polar surface area (TPSA) is 111 Å². The predicted octanol–water partition coefficient (Wildman–Crippen LogP) is 5.52. The first-order valence-corrected chi connectivity index (χ1v) is 13.5. The van der Waals surface area contributed by atoms with E-state index in [1.807, 2.05) is 60.1 Å². The minimum Gasteiger partial charge on any atom is -0.383 e. The van der Waals surface area contributed by atoms with Crippen LogP contribution in [0.4, 0.5) is 10.2 Å². The molecule has 0 fully saturated rings. The number of carbonyl (C=O) groups is 1. The number of imidazole rings is 1. The van der Waals surface area contributed by atoms with E-state index >= 15 is 0 Å². The molecule has 0 saturated heterocycles. The Hall–Kier alpha value is -5.41. The summed E-state index contributed by atoms with van der Waals surface area (Å²) in [7, 11) is 1.92. The molecular formula is C33H28FN7O. The van der Waals surface area contributed by atoms with Crippen LogP contribution in [0.1, 0.15) is 21.5 Å². The van der Waals surface area contributed by atoms with Gasteiger partial charge in [-0.25, -0.2) is 19.3 Å². The maximum Gasteiger partial charge on any atom is 0.251 e. The van der Waals surface area contributed by atoms with Crippen LogP contribution < -0.4 is 16.4 Å². The molecule has 0 radical (unpaired) electrons. The van der Waals surface area contributed by atoms with Crippen molar-refractivity contribution in [1.29, 1.82) is 0 Å². The standard InChI is InChI=1S/C33H28FN7O/c1-36-19-21-7-11-23(12-8-21)28-15-16-29-32(39-28)41(31(40-29)27-6-3-17-37-30(27)35)26-13-9-22(10-14-26)20-38-33(42)24-4-2-5-25(34)18-24/h2-18,36H,19-20H2,1H3,(H2,35,37)(H,38,42). The molecule has 0 aliphatic rings. The quantitative estimate of drug-likeness (QED) is 0.227. The first kappa shape index (κ1) is 26.8. The molecule has 0 saturated carbocycles. The number of nitrogens with one attached hydrogen (secondary N) is 2. The molecule has 0 aliphatic heterocycles. The van der Waals surface area contributed by atoms with Gasteiger partial charge in [0.2, 0.25) is 0 Å². The molecule has 4 N–H and O–H groups in total. The van der Waals surface area contributed by atoms with Crippen molar-refractivity contribution in [1.82, 2.24) is 30.2 Å². The zero-order valence-electron chi connectivity index (χ0n) is 22.9. The van der Waals surface area contributed by atoms with Crippen molar-refractivity contribution in [2.45, 2.75) is 13.1 Å². The van der Waals surface area contributed by atoms with E-state index < -0.39 is 5.82 Å². The highest BCUT2D eigenvalue weighted by Crippen LogP contribution is 2.32. The summed E-state index contributed by atoms with van der Waals surface area (Å²) in [6.45, 7) is 1.08. The number of hydrogen-bond donors (Lipinski definition) is 3. The Kier molecular flexibility index (Phi) is 7.40. The highest BCUT2D eigenvalue weighted by atomic mass is 19.1. The van der Waals surface area contributed by atoms with Gasteiger partial charge in [-0.05, 0) is 72.8 Å². The minimum absolute atomic E-state index is 0.272. The molecule has 8 nitrogen and oxygen atoms in total. The molecule has 3 heterocycles. The van der Waals surface area contributed by atoms with E-state index in [0.29, 0.717) is 22.9 Å². The number of hydrogen-bond acceptors (Lipinski definition) is 6. The highest BCUT2D eigenvalue weighted by Gasteiger charge is 2.19. The smallest absolute Gasteiger partial charge is 0.251 e. The van der Waals surface area contributed by atoms with Crippen LogP contribution in [0, 0.1) is 5.82 Å². The molecule has 0 spiro atoms. The molecule has 0 aliphatic carbocycles. The third kappa shape index (κ3) is 5.45. The van der Waals surface area contributed by atoms with Crippen molar-refractivity contribution in [3.05, 3.63) is 126 Å². The van der Waals surface area contributed by atoms with Crippen LogP contribution in [0.15, 0.2) is 103 Å². The van der Waals surface area contributed by atoms with Gasteiger partial charge in [-0.1, -0.05) is 42.5 Å². The Labute approximate surface area is 242 Å². The Morgan fingerprint density at radius 1 is 0.881 bits per heavy atom. The minimum atomic E-state index is -0.452. The average molecular weight is 558 g/mol. The third-order valence-electron chi connectivity index (χ3n) is 6.95. The number of nitrogen functional groups attached to an aromatic ring is 1. The van der Waals surface area contributed by atoms with Crippen LogP contribution in [0.2, 0.25) is 0 Å². The van der Waals surface area contributed by atoms with Gasteiger partial charge in [0.15, 0.2) is 11.5 Å². The van der Waals surface area contributed by atoms with E-state index in [1.54, 1.807) is 12.3 Å². The summed E-state index contributed by atoms with van der Waals surface area (Å²) in [6.07, 6.45) is 1.65. The van der Waals surface area contributed by atoms with E-state index in [-0.39, 0.29) is 18.0 Å². The third-order valence-corrected chi connectivity index (χ3v) is 6.95. The fourth-order valence-electron chi connectivity index (χ4n) is 4.82. The van der Waals surface area contributed by atoms with Gasteiger partial charge in [0.25, 0.3) is 5.91 Å². The number of nitrogens with two attached hydrogens (primary N) is 1. The van der Waals surface area contributed by atoms with Gasteiger partial charge in [-0.2, -0.15) is 0 Å². The summed E-state index contributed by atoms with van der Waals surface area (Å²) in [4.78, 5) is 26.7. The number of anilines is 1. The van der Waals surface area contributed by atoms with Crippen LogP contribution in [0.5, 0.6) is 0 Å². The first-order valence-electron chi connectivity index (χ1n) is 13.5. The molecule has 0 bridgehead atoms. The van der Waals surface area contributed by atoms with Gasteiger partial charge >= 0.3 is 0 Å². The molecule has 3 aromatic heterocycles. The van der Waals surface area contributed by atoms with Gasteiger partial charge in [0.05, 0.1) is 11.3 Å². The Balaban J connectivity index is 1.36. The van der Waals surface area contributed by atoms with Crippen LogP contribution in [-0.4, -0.2) is 32.5 Å². The molecule has 0 atom stereocenters. The largest absolute Gasteiger partial charge is 0.383 e. The van der Waals surface area contributed by atoms with Gasteiger partial charge in [-0.15, -0.1) is 0 Å². The highest BCUT2D eigenvalue weighted by molar-refractivity contribution is 5.94. The number of aromatic nitrogens is 4. The van der Waals surface area contributed by atoms with Crippen LogP contribution in [0.25, 0.3) is 39.5 Å². The van der Waals surface area contributed by atoms with Crippen molar-refractivity contribution in [2.75, 3.05) is 12.8 Å². The van der Waals surface area contributed by atoms with Crippen molar-refractivity contribution >= 4 is 22.9 Å². The van der Waals surface area contributed by atoms with Crippen LogP contribution >= 0.6 is 0 Å². The zero-order chi connectivity index (χ0) is 29.1. The lowest BCUT2D eigenvalue weighted by Crippen LogP contribution is -2.22. The average Bonchev–Trinajstić information content (AvgIpc) is 3.39. The summed E-state index contributed by atoms with van der Waals surface area (Å²) in [6, 6.07) is 29.3. The second-order valence-corrected chi connectivity index (χ2v) is 9.83. The molecule has 42 heavy (non-hydrogen) atoms. The maximum absolute atomic E-state index is 13.5. The van der Waals surface area contributed by atoms with Crippen LogP contribution in [-0.2, 0) is 13.1 Å². The lowest BCUT2D eigenvalue weighted by molar-refractivity contribution is 0.0950. The molecule has 208 valence electrons. The number of rotatable bonds is 8. The molecular weight excluding hydrogens is 529 g/mol. The predicted molar refractivity (Wildman–Crippen MR) is 162 cm³/mol. The zero-order valence-corrected chi connectivity index (χ0v) is 22.9. The number of fused-ring (bicyclic) bond motifs is 1. The number of nitrogens with zero attached hydrogens (tertiary/aromatic N) is 4. The maximum atomic E-state index is 13.5. The molecule has 1 amide bonds. The summed E-state index contributed by atoms with van der Waals surface area (Å²) >= 11 is 0. The molecule has 0 unspecified atom stereocenters. The monoisotopic (exact) mass is 557 g/mol. The van der Waals surface area contributed by atoms with Gasteiger partial charge in [-0.3, -0.25) is 9.36 Å². The lowest BCUT2D eigenvalue weighted by atomic mass is 10.1. The fraction of sp³-hybridized carbons (Fsp3) is 0.0909. The molecule has 6 rings (SSSR count). The van der Waals surface area contributed by atoms with Crippen molar-refractivity contribution in [3.8, 4) is 28.3 Å². The van der Waals surface area contributed by atoms with E-state index in [2.05, 4.69) is 39.9 Å². The summed E-state index contributed by atoms with van der Waals surface area (Å²) in [5, 5.41) is 6.01. The number of amides is 1.